The number of para-hydroxylation sites is 1. The molecule has 0 fully saturated rings. The molecular formula is C21H21ClN4O2S. The number of likely N-dealkylation sites (N-methyl/N-ethyl adjacent to an activating group) is 1. The molecule has 2 aromatic carbocycles. The summed E-state index contributed by atoms with van der Waals surface area (Å²) in [6.07, 6.45) is 1.76. The second-order valence-electron chi connectivity index (χ2n) is 6.93. The summed E-state index contributed by atoms with van der Waals surface area (Å²) in [7, 11) is 5.56. The zero-order valence-electron chi connectivity index (χ0n) is 16.4. The molecule has 0 saturated heterocycles. The number of H-pyrrole nitrogens is 1. The Bertz CT molecular complexity index is 1180. The minimum Gasteiger partial charge on any atom is -0.494 e. The molecule has 6 nitrogen and oxygen atoms in total. The van der Waals surface area contributed by atoms with Crippen molar-refractivity contribution in [3.8, 4) is 5.75 Å². The largest absolute Gasteiger partial charge is 0.494 e. The van der Waals surface area contributed by atoms with Crippen molar-refractivity contribution < 1.29 is 9.53 Å². The van der Waals surface area contributed by atoms with Crippen molar-refractivity contribution in [2.45, 2.75) is 0 Å². The topological polar surface area (TPSA) is 61.5 Å². The van der Waals surface area contributed by atoms with Crippen LogP contribution in [-0.4, -0.2) is 55.1 Å². The molecule has 2 aromatic heterocycles. The number of ether oxygens (including phenoxy) is 1. The van der Waals surface area contributed by atoms with Gasteiger partial charge in [-0.2, -0.15) is 0 Å². The van der Waals surface area contributed by atoms with Crippen LogP contribution in [0.25, 0.3) is 21.1 Å². The van der Waals surface area contributed by atoms with Crippen LogP contribution in [0.15, 0.2) is 42.6 Å². The number of nitrogens with zero attached hydrogens (tertiary/aromatic N) is 3. The molecule has 0 aliphatic heterocycles. The summed E-state index contributed by atoms with van der Waals surface area (Å²) in [5.74, 6) is 0.539. The fourth-order valence-electron chi connectivity index (χ4n) is 3.20. The third-order valence-corrected chi connectivity index (χ3v) is 6.27. The van der Waals surface area contributed by atoms with Crippen LogP contribution in [0.1, 0.15) is 10.4 Å². The molecule has 0 bridgehead atoms. The van der Waals surface area contributed by atoms with Crippen molar-refractivity contribution in [3.63, 3.8) is 0 Å². The highest BCUT2D eigenvalue weighted by molar-refractivity contribution is 7.23. The lowest BCUT2D eigenvalue weighted by atomic mass is 10.1. The van der Waals surface area contributed by atoms with Crippen molar-refractivity contribution in [2.75, 3.05) is 39.2 Å². The van der Waals surface area contributed by atoms with Crippen LogP contribution >= 0.6 is 22.9 Å². The van der Waals surface area contributed by atoms with Crippen LogP contribution in [0.4, 0.5) is 5.13 Å². The Balaban J connectivity index is 1.81. The van der Waals surface area contributed by atoms with Gasteiger partial charge in [-0.25, -0.2) is 4.98 Å². The second-order valence-corrected chi connectivity index (χ2v) is 8.32. The number of carbonyl (C=O) groups excluding carboxylic acids is 1. The molecule has 0 aliphatic carbocycles. The first-order chi connectivity index (χ1) is 14.0. The number of hydrogen-bond acceptors (Lipinski definition) is 5. The van der Waals surface area contributed by atoms with Crippen LogP contribution < -0.4 is 9.64 Å². The number of aromatic amines is 1. The number of benzene rings is 2. The SMILES string of the molecule is COc1ccc(Cl)c2sc(N(CCN(C)C)C(=O)c3c[nH]c4ccccc34)nc12. The van der Waals surface area contributed by atoms with Crippen molar-refractivity contribution in [2.24, 2.45) is 0 Å². The lowest BCUT2D eigenvalue weighted by molar-refractivity contribution is 0.0987. The van der Waals surface area contributed by atoms with E-state index in [4.69, 9.17) is 21.3 Å². The highest BCUT2D eigenvalue weighted by Gasteiger charge is 2.25. The minimum absolute atomic E-state index is 0.0987. The van der Waals surface area contributed by atoms with Gasteiger partial charge in [0, 0.05) is 30.2 Å². The van der Waals surface area contributed by atoms with Crippen molar-refractivity contribution >= 4 is 55.1 Å². The zero-order chi connectivity index (χ0) is 20.5. The first-order valence-electron chi connectivity index (χ1n) is 9.15. The second kappa shape index (κ2) is 8.02. The van der Waals surface area contributed by atoms with Gasteiger partial charge in [-0.3, -0.25) is 9.69 Å². The molecule has 4 aromatic rings. The maximum absolute atomic E-state index is 13.5. The summed E-state index contributed by atoms with van der Waals surface area (Å²) in [6.45, 7) is 1.21. The van der Waals surface area contributed by atoms with Gasteiger partial charge < -0.3 is 14.6 Å². The molecule has 0 atom stereocenters. The van der Waals surface area contributed by atoms with E-state index >= 15 is 0 Å². The third-order valence-electron chi connectivity index (χ3n) is 4.73. The summed E-state index contributed by atoms with van der Waals surface area (Å²) in [6, 6.07) is 11.4. The van der Waals surface area contributed by atoms with E-state index < -0.39 is 0 Å². The van der Waals surface area contributed by atoms with E-state index in [0.29, 0.717) is 40.1 Å². The Hall–Kier alpha value is -2.61. The fraction of sp³-hybridized carbons (Fsp3) is 0.238. The molecule has 1 N–H and O–H groups in total. The average molecular weight is 429 g/mol. The number of nitrogens with one attached hydrogen (secondary N) is 1. The Kier molecular flexibility index (Phi) is 5.45. The summed E-state index contributed by atoms with van der Waals surface area (Å²) in [5, 5.41) is 2.09. The third kappa shape index (κ3) is 3.69. The normalized spacial score (nSPS) is 11.5. The standard InChI is InChI=1S/C21H21ClN4O2S/c1-25(2)10-11-26(20(27)14-12-23-16-7-5-4-6-13(14)16)21-24-18-17(28-3)9-8-15(22)19(18)29-21/h4-9,12,23H,10-11H2,1-3H3. The number of anilines is 1. The number of aromatic nitrogens is 2. The van der Waals surface area contributed by atoms with Gasteiger partial charge in [-0.15, -0.1) is 0 Å². The van der Waals surface area contributed by atoms with Gasteiger partial charge in [-0.05, 0) is 32.3 Å². The summed E-state index contributed by atoms with van der Waals surface area (Å²) in [5.41, 5.74) is 2.22. The Morgan fingerprint density at radius 1 is 1.21 bits per heavy atom. The van der Waals surface area contributed by atoms with Crippen molar-refractivity contribution in [1.29, 1.82) is 0 Å². The number of thiazole rings is 1. The summed E-state index contributed by atoms with van der Waals surface area (Å²) < 4.78 is 6.24. The highest BCUT2D eigenvalue weighted by Crippen LogP contribution is 2.39. The molecule has 150 valence electrons. The number of rotatable bonds is 6. The van der Waals surface area contributed by atoms with Gasteiger partial charge in [-0.1, -0.05) is 41.1 Å². The van der Waals surface area contributed by atoms with Crippen LogP contribution in [-0.2, 0) is 0 Å². The highest BCUT2D eigenvalue weighted by atomic mass is 35.5. The molecule has 29 heavy (non-hydrogen) atoms. The van der Waals surface area contributed by atoms with Crippen molar-refractivity contribution in [3.05, 3.63) is 53.2 Å². The number of fused-ring (bicyclic) bond motifs is 2. The minimum atomic E-state index is -0.0987. The molecule has 1 amide bonds. The smallest absolute Gasteiger partial charge is 0.262 e. The molecule has 0 aliphatic rings. The van der Waals surface area contributed by atoms with E-state index in [-0.39, 0.29) is 5.91 Å². The molecule has 4 rings (SSSR count). The average Bonchev–Trinajstić information content (AvgIpc) is 3.33. The maximum atomic E-state index is 13.5. The summed E-state index contributed by atoms with van der Waals surface area (Å²) >= 11 is 7.78. The number of carbonyl (C=O) groups is 1. The van der Waals surface area contributed by atoms with Gasteiger partial charge in [0.2, 0.25) is 0 Å². The predicted molar refractivity (Wildman–Crippen MR) is 120 cm³/mol. The van der Waals surface area contributed by atoms with E-state index in [9.17, 15) is 4.79 Å². The monoisotopic (exact) mass is 428 g/mol. The Morgan fingerprint density at radius 2 is 2.00 bits per heavy atom. The van der Waals surface area contributed by atoms with E-state index in [2.05, 4.69) is 4.98 Å². The van der Waals surface area contributed by atoms with Gasteiger partial charge in [0.25, 0.3) is 5.91 Å². The van der Waals surface area contributed by atoms with Gasteiger partial charge in [0.1, 0.15) is 11.3 Å². The number of hydrogen-bond donors (Lipinski definition) is 1. The number of methoxy groups -OCH3 is 1. The zero-order valence-corrected chi connectivity index (χ0v) is 18.0. The van der Waals surface area contributed by atoms with Crippen LogP contribution in [0.3, 0.4) is 0 Å². The molecule has 8 heteroatoms. The van der Waals surface area contributed by atoms with E-state index in [1.807, 2.05) is 43.3 Å². The van der Waals surface area contributed by atoms with Crippen LogP contribution in [0.5, 0.6) is 5.75 Å². The van der Waals surface area contributed by atoms with E-state index in [1.54, 1.807) is 30.3 Å². The number of amides is 1. The lowest BCUT2D eigenvalue weighted by Crippen LogP contribution is -2.36. The molecule has 0 unspecified atom stereocenters. The lowest BCUT2D eigenvalue weighted by Gasteiger charge is -2.21. The van der Waals surface area contributed by atoms with Gasteiger partial charge in [0.05, 0.1) is 22.4 Å². The Labute approximate surface area is 177 Å². The van der Waals surface area contributed by atoms with Crippen LogP contribution in [0, 0.1) is 0 Å². The number of halogens is 1. The quantitative estimate of drug-likeness (QED) is 0.485. The van der Waals surface area contributed by atoms with Gasteiger partial charge in [0.15, 0.2) is 5.13 Å². The predicted octanol–water partition coefficient (Wildman–Crippen LogP) is 4.65. The van der Waals surface area contributed by atoms with Crippen molar-refractivity contribution in [1.82, 2.24) is 14.9 Å². The van der Waals surface area contributed by atoms with E-state index in [0.717, 1.165) is 15.6 Å². The fourth-order valence-corrected chi connectivity index (χ4v) is 4.48. The molecule has 0 saturated carbocycles. The van der Waals surface area contributed by atoms with E-state index in [1.165, 1.54) is 11.3 Å². The molecule has 0 spiro atoms. The molecular weight excluding hydrogens is 408 g/mol. The van der Waals surface area contributed by atoms with Crippen LogP contribution in [0.2, 0.25) is 5.02 Å². The molecule has 2 heterocycles. The molecule has 0 radical (unpaired) electrons. The maximum Gasteiger partial charge on any atom is 0.262 e. The Morgan fingerprint density at radius 3 is 2.76 bits per heavy atom. The summed E-state index contributed by atoms with van der Waals surface area (Å²) in [4.78, 5) is 25.2. The first kappa shape index (κ1) is 19.7. The first-order valence-corrected chi connectivity index (χ1v) is 10.3. The van der Waals surface area contributed by atoms with Gasteiger partial charge >= 0.3 is 0 Å².